The smallest absolute Gasteiger partial charge is 0.146 e. The number of rotatable bonds is 6. The molecule has 3 fully saturated rings. The molecule has 7 heteroatoms. The lowest BCUT2D eigenvalue weighted by atomic mass is 9.46. The molecular weight excluding hydrogens is 480 g/mol. The molecule has 6 nitrogen and oxygen atoms in total. The van der Waals surface area contributed by atoms with Gasteiger partial charge >= 0.3 is 0 Å². The lowest BCUT2D eigenvalue weighted by molar-refractivity contribution is -0.140. The zero-order chi connectivity index (χ0) is 25.8. The van der Waals surface area contributed by atoms with E-state index in [2.05, 4.69) is 36.1 Å². The van der Waals surface area contributed by atoms with Crippen LogP contribution in [0.2, 0.25) is 0 Å². The Morgan fingerprint density at radius 1 is 1.30 bits per heavy atom. The van der Waals surface area contributed by atoms with E-state index in [0.717, 1.165) is 42.8 Å². The number of hydrogen-bond donors (Lipinski definition) is 1. The number of aromatic nitrogens is 3. The molecule has 4 aliphatic rings. The lowest BCUT2D eigenvalue weighted by Crippen LogP contribution is -2.57. The summed E-state index contributed by atoms with van der Waals surface area (Å²) in [6.07, 6.45) is 11.8. The van der Waals surface area contributed by atoms with Crippen LogP contribution < -0.4 is 0 Å². The zero-order valence-corrected chi connectivity index (χ0v) is 22.6. The molecule has 0 saturated heterocycles. The molecule has 194 valence electrons. The van der Waals surface area contributed by atoms with Crippen LogP contribution in [0.4, 0.5) is 0 Å². The Bertz CT molecular complexity index is 1270. The minimum Gasteiger partial charge on any atom is -0.393 e. The fourth-order valence-electron chi connectivity index (χ4n) is 8.78. The highest BCUT2D eigenvalue weighted by molar-refractivity contribution is 7.99. The van der Waals surface area contributed by atoms with Gasteiger partial charge in [0.1, 0.15) is 5.78 Å². The third-order valence-corrected chi connectivity index (χ3v) is 11.3. The Morgan fingerprint density at radius 2 is 2.16 bits per heavy atom. The van der Waals surface area contributed by atoms with Crippen LogP contribution in [0.5, 0.6) is 0 Å². The Kier molecular flexibility index (Phi) is 6.32. The van der Waals surface area contributed by atoms with Crippen LogP contribution in [0.15, 0.2) is 41.2 Å². The van der Waals surface area contributed by atoms with E-state index in [9.17, 15) is 9.90 Å². The summed E-state index contributed by atoms with van der Waals surface area (Å²) >= 11 is 1.54. The summed E-state index contributed by atoms with van der Waals surface area (Å²) in [6, 6.07) is 8.05. The van der Waals surface area contributed by atoms with E-state index in [0.29, 0.717) is 42.8 Å². The van der Waals surface area contributed by atoms with Crippen LogP contribution in [0, 0.1) is 45.8 Å². The van der Waals surface area contributed by atoms with Gasteiger partial charge in [-0.3, -0.25) is 9.48 Å². The van der Waals surface area contributed by atoms with Gasteiger partial charge in [0.2, 0.25) is 0 Å². The number of carbonyl (C=O) groups is 1. The van der Waals surface area contributed by atoms with Crippen molar-refractivity contribution in [3.8, 4) is 6.07 Å². The fraction of sp³-hybridized carbons (Fsp3) is 0.600. The van der Waals surface area contributed by atoms with Crippen LogP contribution in [0.25, 0.3) is 6.08 Å². The van der Waals surface area contributed by atoms with Crippen molar-refractivity contribution in [2.24, 2.45) is 34.5 Å². The van der Waals surface area contributed by atoms with Gasteiger partial charge in [-0.1, -0.05) is 37.2 Å². The summed E-state index contributed by atoms with van der Waals surface area (Å²) < 4.78 is 1.97. The molecule has 0 amide bonds. The molecule has 37 heavy (non-hydrogen) atoms. The average molecular weight is 517 g/mol. The van der Waals surface area contributed by atoms with Crippen molar-refractivity contribution in [2.45, 2.75) is 76.5 Å². The van der Waals surface area contributed by atoms with E-state index >= 15 is 0 Å². The fourth-order valence-corrected chi connectivity index (χ4v) is 9.58. The third-order valence-electron chi connectivity index (χ3n) is 10.3. The van der Waals surface area contributed by atoms with Gasteiger partial charge in [0.05, 0.1) is 47.8 Å². The average Bonchev–Trinajstić information content (AvgIpc) is 3.44. The van der Waals surface area contributed by atoms with Gasteiger partial charge in [0.25, 0.3) is 0 Å². The number of nitrogens with zero attached hydrogens (tertiary/aromatic N) is 4. The Labute approximate surface area is 223 Å². The zero-order valence-electron chi connectivity index (χ0n) is 21.8. The highest BCUT2D eigenvalue weighted by atomic mass is 32.2. The van der Waals surface area contributed by atoms with E-state index < -0.39 is 6.10 Å². The molecule has 1 N–H and O–H groups in total. The molecule has 0 bridgehead atoms. The summed E-state index contributed by atoms with van der Waals surface area (Å²) in [7, 11) is 0. The van der Waals surface area contributed by atoms with Crippen molar-refractivity contribution < 1.29 is 9.90 Å². The van der Waals surface area contributed by atoms with Crippen molar-refractivity contribution in [1.82, 2.24) is 14.8 Å². The van der Waals surface area contributed by atoms with Crippen LogP contribution >= 0.6 is 11.8 Å². The van der Waals surface area contributed by atoms with Gasteiger partial charge in [-0.25, -0.2) is 4.98 Å². The molecule has 3 saturated carbocycles. The van der Waals surface area contributed by atoms with Gasteiger partial charge in [0.15, 0.2) is 0 Å². The Hall–Kier alpha value is -2.43. The number of pyridine rings is 1. The second kappa shape index (κ2) is 9.39. The quantitative estimate of drug-likeness (QED) is 0.522. The lowest BCUT2D eigenvalue weighted by Gasteiger charge is -2.59. The number of aliphatic hydroxyl groups excluding tert-OH is 1. The van der Waals surface area contributed by atoms with Gasteiger partial charge < -0.3 is 5.11 Å². The number of ketones is 1. The number of carbonyl (C=O) groups excluding carboxylic acids is 1. The number of thioether (sulfide) groups is 1. The summed E-state index contributed by atoms with van der Waals surface area (Å²) in [5.74, 6) is 1.92. The number of hydrogen-bond acceptors (Lipinski definition) is 6. The minimum absolute atomic E-state index is 0.0189. The molecule has 7 unspecified atom stereocenters. The predicted molar refractivity (Wildman–Crippen MR) is 143 cm³/mol. The molecule has 0 radical (unpaired) electrons. The van der Waals surface area contributed by atoms with Crippen molar-refractivity contribution >= 4 is 23.6 Å². The molecule has 0 aromatic carbocycles. The minimum atomic E-state index is -0.410. The SMILES string of the molecule is CC12Cc3cnn(CCC#N)c3C=C1CCC1C2C(O)CC2(C)C(C(=O)CSc3ccccn3)CCC12. The molecule has 2 heterocycles. The maximum Gasteiger partial charge on any atom is 0.146 e. The van der Waals surface area contributed by atoms with E-state index in [1.165, 1.54) is 22.9 Å². The van der Waals surface area contributed by atoms with Crippen molar-refractivity contribution in [3.05, 3.63) is 47.4 Å². The first-order chi connectivity index (χ1) is 17.8. The molecule has 7 atom stereocenters. The van der Waals surface area contributed by atoms with Crippen molar-refractivity contribution in [3.63, 3.8) is 0 Å². The Balaban J connectivity index is 1.23. The number of nitriles is 1. The third kappa shape index (κ3) is 3.99. The first-order valence-corrected chi connectivity index (χ1v) is 14.7. The molecule has 4 aliphatic carbocycles. The molecule has 2 aromatic heterocycles. The summed E-state index contributed by atoms with van der Waals surface area (Å²) in [5, 5.41) is 26.3. The molecule has 0 spiro atoms. The highest BCUT2D eigenvalue weighted by Crippen LogP contribution is 2.66. The number of aryl methyl sites for hydroxylation is 1. The van der Waals surface area contributed by atoms with Crippen LogP contribution in [0.1, 0.15) is 63.6 Å². The topological polar surface area (TPSA) is 91.8 Å². The van der Waals surface area contributed by atoms with E-state index in [4.69, 9.17) is 5.26 Å². The second-order valence-corrected chi connectivity index (χ2v) is 13.1. The molecular formula is C30H36N4O2S. The van der Waals surface area contributed by atoms with E-state index in [1.807, 2.05) is 29.1 Å². The van der Waals surface area contributed by atoms with Crippen LogP contribution in [0.3, 0.4) is 0 Å². The first kappa shape index (κ1) is 24.9. The van der Waals surface area contributed by atoms with Crippen LogP contribution in [-0.2, 0) is 17.8 Å². The molecule has 0 aliphatic heterocycles. The maximum atomic E-state index is 13.5. The normalized spacial score (nSPS) is 35.9. The van der Waals surface area contributed by atoms with Crippen molar-refractivity contribution in [2.75, 3.05) is 5.75 Å². The maximum absolute atomic E-state index is 13.5. The summed E-state index contributed by atoms with van der Waals surface area (Å²) in [4.78, 5) is 17.8. The van der Waals surface area contributed by atoms with Crippen LogP contribution in [-0.4, -0.2) is 37.5 Å². The molecule has 2 aromatic rings. The number of aliphatic hydroxyl groups is 1. The van der Waals surface area contributed by atoms with Gasteiger partial charge in [-0.05, 0) is 90.9 Å². The van der Waals surface area contributed by atoms with E-state index in [-0.39, 0.29) is 22.7 Å². The number of allylic oxidation sites excluding steroid dienone is 1. The summed E-state index contributed by atoms with van der Waals surface area (Å²) in [5.41, 5.74) is 3.59. The highest BCUT2D eigenvalue weighted by Gasteiger charge is 2.63. The Morgan fingerprint density at radius 3 is 2.95 bits per heavy atom. The standard InChI is InChI=1S/C30H36N4O2S/c1-29-15-19-17-33-34(13-5-11-31)24(19)14-20(29)7-8-21-22-9-10-23(30(22,2)16-25(35)28(21)29)26(36)18-37-27-6-3-4-12-32-27/h3-4,6,12,14,17,21-23,25,28,35H,5,7-10,13,15-16,18H2,1-2H3. The van der Waals surface area contributed by atoms with Crippen molar-refractivity contribution in [1.29, 1.82) is 5.26 Å². The van der Waals surface area contributed by atoms with Gasteiger partial charge in [-0.15, -0.1) is 0 Å². The van der Waals surface area contributed by atoms with Gasteiger partial charge in [0, 0.05) is 12.1 Å². The number of Topliss-reactive ketones (excluding diaryl/α,β-unsaturated/α-hetero) is 1. The number of fused-ring (bicyclic) bond motifs is 6. The summed E-state index contributed by atoms with van der Waals surface area (Å²) in [6.45, 7) is 5.28. The van der Waals surface area contributed by atoms with E-state index in [1.54, 1.807) is 6.20 Å². The molecule has 6 rings (SSSR count). The van der Waals surface area contributed by atoms with Gasteiger partial charge in [-0.2, -0.15) is 10.4 Å². The second-order valence-electron chi connectivity index (χ2n) is 12.1. The first-order valence-electron chi connectivity index (χ1n) is 13.7. The predicted octanol–water partition coefficient (Wildman–Crippen LogP) is 5.32. The monoisotopic (exact) mass is 516 g/mol. The largest absolute Gasteiger partial charge is 0.393 e.